The first-order valence-electron chi connectivity index (χ1n) is 6.54. The fourth-order valence-corrected chi connectivity index (χ4v) is 2.40. The lowest BCUT2D eigenvalue weighted by Gasteiger charge is -2.15. The first-order chi connectivity index (χ1) is 9.78. The fourth-order valence-electron chi connectivity index (χ4n) is 2.40. The van der Waals surface area contributed by atoms with Crippen molar-refractivity contribution < 1.29 is 0 Å². The number of nitriles is 1. The molecule has 2 aromatic rings. The van der Waals surface area contributed by atoms with Crippen molar-refractivity contribution in [2.24, 2.45) is 0 Å². The zero-order chi connectivity index (χ0) is 13.9. The minimum atomic E-state index is 0.331. The Balaban J connectivity index is 1.95. The highest BCUT2D eigenvalue weighted by Gasteiger charge is 2.14. The molecule has 98 valence electrons. The van der Waals surface area contributed by atoms with E-state index in [1.165, 1.54) is 11.1 Å². The number of aromatic nitrogens is 3. The molecule has 0 spiro atoms. The van der Waals surface area contributed by atoms with Crippen LogP contribution in [0.4, 0.5) is 0 Å². The quantitative estimate of drug-likeness (QED) is 0.902. The van der Waals surface area contributed by atoms with Crippen LogP contribution in [-0.2, 0) is 0 Å². The average Bonchev–Trinajstić information content (AvgIpc) is 2.96. The molecule has 0 fully saturated rings. The molecule has 4 heteroatoms. The Bertz CT molecular complexity index is 731. The summed E-state index contributed by atoms with van der Waals surface area (Å²) in [6.45, 7) is 2.11. The van der Waals surface area contributed by atoms with Gasteiger partial charge in [0.2, 0.25) is 0 Å². The monoisotopic (exact) mass is 262 g/mol. The van der Waals surface area contributed by atoms with Crippen molar-refractivity contribution in [1.29, 1.82) is 5.26 Å². The van der Waals surface area contributed by atoms with E-state index in [0.717, 1.165) is 12.0 Å². The van der Waals surface area contributed by atoms with Crippen LogP contribution in [0, 0.1) is 11.3 Å². The number of H-pyrrole nitrogens is 1. The van der Waals surface area contributed by atoms with Crippen LogP contribution in [0.5, 0.6) is 0 Å². The van der Waals surface area contributed by atoms with E-state index in [1.54, 1.807) is 0 Å². The molecule has 1 heterocycles. The van der Waals surface area contributed by atoms with Gasteiger partial charge in [-0.15, -0.1) is 5.10 Å². The zero-order valence-corrected chi connectivity index (χ0v) is 11.2. The van der Waals surface area contributed by atoms with E-state index in [1.807, 2.05) is 12.1 Å². The van der Waals surface area contributed by atoms with Crippen LogP contribution in [-0.4, -0.2) is 15.4 Å². The van der Waals surface area contributed by atoms with Crippen LogP contribution in [0.1, 0.15) is 30.5 Å². The maximum Gasteiger partial charge on any atom is 0.190 e. The number of benzene rings is 1. The summed E-state index contributed by atoms with van der Waals surface area (Å²) in [6, 6.07) is 10.2. The fraction of sp³-hybridized carbons (Fsp3) is 0.188. The third kappa shape index (κ3) is 2.26. The van der Waals surface area contributed by atoms with Crippen LogP contribution in [0.3, 0.4) is 0 Å². The Morgan fingerprint density at radius 1 is 1.35 bits per heavy atom. The van der Waals surface area contributed by atoms with Gasteiger partial charge in [-0.1, -0.05) is 42.0 Å². The first kappa shape index (κ1) is 12.4. The van der Waals surface area contributed by atoms with Crippen molar-refractivity contribution >= 4 is 0 Å². The van der Waals surface area contributed by atoms with Gasteiger partial charge in [-0.25, -0.2) is 0 Å². The Kier molecular flexibility index (Phi) is 3.18. The minimum absolute atomic E-state index is 0.331. The number of hydrogen-bond acceptors (Lipinski definition) is 3. The van der Waals surface area contributed by atoms with Crippen LogP contribution in [0.15, 0.2) is 48.1 Å². The van der Waals surface area contributed by atoms with Crippen molar-refractivity contribution in [3.05, 3.63) is 59.3 Å². The van der Waals surface area contributed by atoms with E-state index in [4.69, 9.17) is 5.26 Å². The maximum atomic E-state index is 9.02. The summed E-state index contributed by atoms with van der Waals surface area (Å²) < 4.78 is 0. The molecule has 1 aromatic heterocycles. The largest absolute Gasteiger partial charge is 0.196 e. The van der Waals surface area contributed by atoms with Crippen LogP contribution >= 0.6 is 0 Å². The molecule has 0 saturated heterocycles. The van der Waals surface area contributed by atoms with Gasteiger partial charge in [0.15, 0.2) is 5.69 Å². The molecule has 3 rings (SSSR count). The Hall–Kier alpha value is -2.67. The van der Waals surface area contributed by atoms with E-state index in [0.29, 0.717) is 17.3 Å². The molecule has 0 saturated carbocycles. The lowest BCUT2D eigenvalue weighted by atomic mass is 9.89. The van der Waals surface area contributed by atoms with Gasteiger partial charge in [-0.3, -0.25) is 0 Å². The average molecular weight is 262 g/mol. The van der Waals surface area contributed by atoms with Gasteiger partial charge in [-0.05, 0) is 25.0 Å². The van der Waals surface area contributed by atoms with E-state index in [9.17, 15) is 0 Å². The molecule has 1 aromatic carbocycles. The van der Waals surface area contributed by atoms with Gasteiger partial charge in [0.1, 0.15) is 11.8 Å². The highest BCUT2D eigenvalue weighted by atomic mass is 15.3. The molecule has 0 aliphatic heterocycles. The third-order valence-corrected chi connectivity index (χ3v) is 3.53. The van der Waals surface area contributed by atoms with Gasteiger partial charge in [0, 0.05) is 11.5 Å². The van der Waals surface area contributed by atoms with E-state index < -0.39 is 0 Å². The molecule has 1 atom stereocenters. The molecule has 0 bridgehead atoms. The van der Waals surface area contributed by atoms with Gasteiger partial charge in [0.05, 0.1) is 0 Å². The predicted octanol–water partition coefficient (Wildman–Crippen LogP) is 3.33. The minimum Gasteiger partial charge on any atom is -0.196 e. The van der Waals surface area contributed by atoms with Crippen molar-refractivity contribution in [2.75, 3.05) is 0 Å². The standard InChI is InChI=1S/C16H14N4/c1-11-5-7-12(8-6-11)13-3-2-4-14(9-13)16-15(10-17)18-20-19-16/h2-7,9,12H,8H2,1H3,(H,18,19,20). The highest BCUT2D eigenvalue weighted by Crippen LogP contribution is 2.29. The Labute approximate surface area is 117 Å². The maximum absolute atomic E-state index is 9.02. The van der Waals surface area contributed by atoms with Crippen molar-refractivity contribution in [3.63, 3.8) is 0 Å². The summed E-state index contributed by atoms with van der Waals surface area (Å²) in [5.41, 5.74) is 4.40. The highest BCUT2D eigenvalue weighted by molar-refractivity contribution is 5.65. The van der Waals surface area contributed by atoms with Gasteiger partial charge in [0.25, 0.3) is 0 Å². The number of allylic oxidation sites excluding steroid dienone is 4. The van der Waals surface area contributed by atoms with Crippen molar-refractivity contribution in [2.45, 2.75) is 19.3 Å². The molecular weight excluding hydrogens is 248 g/mol. The van der Waals surface area contributed by atoms with E-state index in [-0.39, 0.29) is 0 Å². The number of nitrogens with one attached hydrogen (secondary N) is 1. The summed E-state index contributed by atoms with van der Waals surface area (Å²) in [5, 5.41) is 19.4. The number of nitrogens with zero attached hydrogens (tertiary/aromatic N) is 3. The summed E-state index contributed by atoms with van der Waals surface area (Å²) in [5.74, 6) is 0.385. The second kappa shape index (κ2) is 5.14. The predicted molar refractivity (Wildman–Crippen MR) is 76.8 cm³/mol. The van der Waals surface area contributed by atoms with E-state index >= 15 is 0 Å². The third-order valence-electron chi connectivity index (χ3n) is 3.53. The Morgan fingerprint density at radius 2 is 2.25 bits per heavy atom. The van der Waals surface area contributed by atoms with Gasteiger partial charge < -0.3 is 0 Å². The topological polar surface area (TPSA) is 65.4 Å². The van der Waals surface area contributed by atoms with Crippen molar-refractivity contribution in [1.82, 2.24) is 15.4 Å². The molecule has 1 aliphatic rings. The Morgan fingerprint density at radius 3 is 3.00 bits per heavy atom. The number of hydrogen-bond donors (Lipinski definition) is 1. The van der Waals surface area contributed by atoms with Crippen LogP contribution in [0.25, 0.3) is 11.3 Å². The lowest BCUT2D eigenvalue weighted by molar-refractivity contribution is 0.845. The number of aromatic amines is 1. The summed E-state index contributed by atoms with van der Waals surface area (Å²) in [7, 11) is 0. The van der Waals surface area contributed by atoms with Crippen LogP contribution in [0.2, 0.25) is 0 Å². The molecule has 1 aliphatic carbocycles. The molecule has 0 radical (unpaired) electrons. The first-order valence-corrected chi connectivity index (χ1v) is 6.54. The second-order valence-corrected chi connectivity index (χ2v) is 4.91. The number of rotatable bonds is 2. The smallest absolute Gasteiger partial charge is 0.190 e. The summed E-state index contributed by atoms with van der Waals surface area (Å²) in [6.07, 6.45) is 7.63. The zero-order valence-electron chi connectivity index (χ0n) is 11.2. The van der Waals surface area contributed by atoms with Crippen molar-refractivity contribution in [3.8, 4) is 17.3 Å². The SMILES string of the molecule is CC1=CCC(c2cccc(-c3n[nH]nc3C#N)c2)C=C1. The molecular formula is C16H14N4. The molecule has 4 nitrogen and oxygen atoms in total. The van der Waals surface area contributed by atoms with Gasteiger partial charge >= 0.3 is 0 Å². The van der Waals surface area contributed by atoms with E-state index in [2.05, 4.69) is 58.8 Å². The molecule has 20 heavy (non-hydrogen) atoms. The van der Waals surface area contributed by atoms with Gasteiger partial charge in [-0.2, -0.15) is 15.6 Å². The molecule has 1 N–H and O–H groups in total. The summed E-state index contributed by atoms with van der Waals surface area (Å²) in [4.78, 5) is 0. The second-order valence-electron chi connectivity index (χ2n) is 4.91. The lowest BCUT2D eigenvalue weighted by Crippen LogP contribution is -1.98. The molecule has 0 amide bonds. The molecule has 1 unspecified atom stereocenters. The van der Waals surface area contributed by atoms with Crippen LogP contribution < -0.4 is 0 Å². The summed E-state index contributed by atoms with van der Waals surface area (Å²) >= 11 is 0. The normalized spacial score (nSPS) is 17.6.